The van der Waals surface area contributed by atoms with Crippen molar-refractivity contribution in [2.75, 3.05) is 11.5 Å². The quantitative estimate of drug-likeness (QED) is 0.361. The molecule has 13 heavy (non-hydrogen) atoms. The van der Waals surface area contributed by atoms with Gasteiger partial charge >= 0.3 is 0 Å². The zero-order chi connectivity index (χ0) is 10.4. The van der Waals surface area contributed by atoms with Crippen LogP contribution in [0, 0.1) is 0 Å². The highest BCUT2D eigenvalue weighted by Crippen LogP contribution is 1.87. The van der Waals surface area contributed by atoms with Gasteiger partial charge in [0.05, 0.1) is 12.1 Å². The molecular formula is C6H13N3O2S2. The molecule has 0 saturated carbocycles. The molecule has 0 unspecified atom stereocenters. The Morgan fingerprint density at radius 1 is 1.08 bits per heavy atom. The third kappa shape index (κ3) is 4.51. The average Bonchev–Trinajstić information content (AvgIpc) is 2.14. The molecule has 0 aliphatic carbocycles. The van der Waals surface area contributed by atoms with Crippen LogP contribution in [0.5, 0.6) is 0 Å². The largest absolute Gasteiger partial charge is 0.319 e. The van der Waals surface area contributed by atoms with Gasteiger partial charge in [0.15, 0.2) is 0 Å². The first-order chi connectivity index (χ1) is 6.02. The molecule has 0 aliphatic heterocycles. The summed E-state index contributed by atoms with van der Waals surface area (Å²) < 4.78 is 0. The van der Waals surface area contributed by atoms with Gasteiger partial charge in [-0.3, -0.25) is 14.9 Å². The van der Waals surface area contributed by atoms with Crippen LogP contribution in [0.4, 0.5) is 0 Å². The summed E-state index contributed by atoms with van der Waals surface area (Å²) in [5.41, 5.74) is 10.6. The predicted molar refractivity (Wildman–Crippen MR) is 56.8 cm³/mol. The van der Waals surface area contributed by atoms with Gasteiger partial charge in [0, 0.05) is 11.5 Å². The summed E-state index contributed by atoms with van der Waals surface area (Å²) in [5.74, 6) is -0.792. The smallest absolute Gasteiger partial charge is 0.244 e. The molecule has 0 heterocycles. The number of nitrogens with one attached hydrogen (secondary N) is 1. The summed E-state index contributed by atoms with van der Waals surface area (Å²) in [6.45, 7) is 0. The fourth-order valence-corrected chi connectivity index (χ4v) is 0.804. The topological polar surface area (TPSA) is 98.2 Å². The molecule has 0 radical (unpaired) electrons. The molecule has 0 aromatic heterocycles. The Balaban J connectivity index is 3.99. The molecule has 0 saturated heterocycles. The lowest BCUT2D eigenvalue weighted by molar-refractivity contribution is -0.131. The molecule has 7 heteroatoms. The van der Waals surface area contributed by atoms with E-state index in [1.54, 1.807) is 0 Å². The molecule has 0 bridgehead atoms. The molecular weight excluding hydrogens is 210 g/mol. The minimum absolute atomic E-state index is 0.176. The third-order valence-electron chi connectivity index (χ3n) is 1.31. The van der Waals surface area contributed by atoms with E-state index in [0.29, 0.717) is 0 Å². The summed E-state index contributed by atoms with van der Waals surface area (Å²) in [5, 5.41) is 2.06. The number of rotatable bonds is 4. The van der Waals surface area contributed by atoms with Crippen LogP contribution in [-0.4, -0.2) is 35.4 Å². The third-order valence-corrected chi connectivity index (χ3v) is 2.10. The Hall–Kier alpha value is -0.240. The maximum Gasteiger partial charge on any atom is 0.244 e. The number of carbonyl (C=O) groups excluding carboxylic acids is 2. The van der Waals surface area contributed by atoms with Crippen LogP contribution in [0.1, 0.15) is 0 Å². The van der Waals surface area contributed by atoms with E-state index in [2.05, 4.69) is 30.6 Å². The van der Waals surface area contributed by atoms with Crippen molar-refractivity contribution in [2.45, 2.75) is 12.1 Å². The SMILES string of the molecule is N[C@@H](CS)C(=O)NC(=O)[C@@H](N)CS. The molecule has 0 aromatic carbocycles. The summed E-state index contributed by atoms with van der Waals surface area (Å²) in [6.07, 6.45) is 0. The van der Waals surface area contributed by atoms with Crippen LogP contribution < -0.4 is 16.8 Å². The van der Waals surface area contributed by atoms with E-state index in [1.165, 1.54) is 0 Å². The monoisotopic (exact) mass is 223 g/mol. The van der Waals surface area contributed by atoms with Crippen molar-refractivity contribution in [3.63, 3.8) is 0 Å². The van der Waals surface area contributed by atoms with Gasteiger partial charge in [0.25, 0.3) is 0 Å². The highest BCUT2D eigenvalue weighted by atomic mass is 32.1. The normalized spacial score (nSPS) is 14.8. The first kappa shape index (κ1) is 12.8. The molecule has 0 aromatic rings. The zero-order valence-electron chi connectivity index (χ0n) is 6.93. The van der Waals surface area contributed by atoms with Gasteiger partial charge in [0.2, 0.25) is 11.8 Å². The second-order valence-corrected chi connectivity index (χ2v) is 3.16. The first-order valence-electron chi connectivity index (χ1n) is 3.60. The van der Waals surface area contributed by atoms with E-state index < -0.39 is 23.9 Å². The molecule has 0 rings (SSSR count). The molecule has 0 spiro atoms. The maximum atomic E-state index is 11.0. The van der Waals surface area contributed by atoms with Crippen molar-refractivity contribution in [1.29, 1.82) is 0 Å². The number of hydrogen-bond donors (Lipinski definition) is 5. The number of amides is 2. The molecule has 76 valence electrons. The number of carbonyl (C=O) groups is 2. The standard InChI is InChI=1S/C6H13N3O2S2/c7-3(1-12)5(10)9-6(11)4(8)2-13/h3-4,12-13H,1-2,7-8H2,(H,9,10,11)/t3-,4-/m0/s1. The lowest BCUT2D eigenvalue weighted by Crippen LogP contribution is -2.50. The number of thiol groups is 2. The maximum absolute atomic E-state index is 11.0. The minimum Gasteiger partial charge on any atom is -0.319 e. The van der Waals surface area contributed by atoms with Gasteiger partial charge in [-0.1, -0.05) is 0 Å². The number of imide groups is 1. The zero-order valence-corrected chi connectivity index (χ0v) is 8.72. The predicted octanol–water partition coefficient (Wildman–Crippen LogP) is -1.86. The summed E-state index contributed by atoms with van der Waals surface area (Å²) in [4.78, 5) is 22.0. The van der Waals surface area contributed by atoms with Crippen LogP contribution in [0.25, 0.3) is 0 Å². The van der Waals surface area contributed by atoms with E-state index in [4.69, 9.17) is 11.5 Å². The fraction of sp³-hybridized carbons (Fsp3) is 0.667. The van der Waals surface area contributed by atoms with Crippen molar-refractivity contribution in [3.8, 4) is 0 Å². The second kappa shape index (κ2) is 6.25. The molecule has 2 atom stereocenters. The Bertz CT molecular complexity index is 180. The van der Waals surface area contributed by atoms with Crippen LogP contribution in [0.15, 0.2) is 0 Å². The Morgan fingerprint density at radius 2 is 1.38 bits per heavy atom. The fourth-order valence-electron chi connectivity index (χ4n) is 0.473. The summed E-state index contributed by atoms with van der Waals surface area (Å²) in [6, 6.07) is -1.58. The van der Waals surface area contributed by atoms with Crippen LogP contribution in [0.3, 0.4) is 0 Å². The lowest BCUT2D eigenvalue weighted by Gasteiger charge is -2.11. The Morgan fingerprint density at radius 3 is 1.62 bits per heavy atom. The van der Waals surface area contributed by atoms with E-state index >= 15 is 0 Å². The van der Waals surface area contributed by atoms with E-state index in [1.807, 2.05) is 0 Å². The van der Waals surface area contributed by atoms with Crippen molar-refractivity contribution >= 4 is 37.1 Å². The van der Waals surface area contributed by atoms with E-state index in [0.717, 1.165) is 0 Å². The van der Waals surface area contributed by atoms with Gasteiger partial charge < -0.3 is 11.5 Å². The Labute approximate surface area is 87.4 Å². The molecule has 0 aliphatic rings. The summed E-state index contributed by atoms with van der Waals surface area (Å²) >= 11 is 7.62. The van der Waals surface area contributed by atoms with Gasteiger partial charge in [-0.25, -0.2) is 0 Å². The van der Waals surface area contributed by atoms with Crippen LogP contribution in [-0.2, 0) is 9.59 Å². The first-order valence-corrected chi connectivity index (χ1v) is 4.87. The Kier molecular flexibility index (Phi) is 6.13. The average molecular weight is 223 g/mol. The van der Waals surface area contributed by atoms with Crippen LogP contribution in [0.2, 0.25) is 0 Å². The van der Waals surface area contributed by atoms with Crippen LogP contribution >= 0.6 is 25.3 Å². The lowest BCUT2D eigenvalue weighted by atomic mass is 10.3. The van der Waals surface area contributed by atoms with Crippen molar-refractivity contribution in [3.05, 3.63) is 0 Å². The van der Waals surface area contributed by atoms with Gasteiger partial charge in [-0.2, -0.15) is 25.3 Å². The second-order valence-electron chi connectivity index (χ2n) is 2.43. The van der Waals surface area contributed by atoms with Gasteiger partial charge in [-0.15, -0.1) is 0 Å². The molecule has 5 N–H and O–H groups in total. The number of nitrogens with two attached hydrogens (primary N) is 2. The van der Waals surface area contributed by atoms with Crippen molar-refractivity contribution < 1.29 is 9.59 Å². The minimum atomic E-state index is -0.792. The molecule has 0 fully saturated rings. The van der Waals surface area contributed by atoms with Gasteiger partial charge in [-0.05, 0) is 0 Å². The van der Waals surface area contributed by atoms with Crippen molar-refractivity contribution in [1.82, 2.24) is 5.32 Å². The molecule has 5 nitrogen and oxygen atoms in total. The van der Waals surface area contributed by atoms with E-state index in [-0.39, 0.29) is 11.5 Å². The highest BCUT2D eigenvalue weighted by molar-refractivity contribution is 7.80. The van der Waals surface area contributed by atoms with E-state index in [9.17, 15) is 9.59 Å². The van der Waals surface area contributed by atoms with Crippen molar-refractivity contribution in [2.24, 2.45) is 11.5 Å². The summed E-state index contributed by atoms with van der Waals surface area (Å²) in [7, 11) is 0. The molecule has 2 amide bonds. The number of hydrogen-bond acceptors (Lipinski definition) is 6. The van der Waals surface area contributed by atoms with Gasteiger partial charge in [0.1, 0.15) is 0 Å². The highest BCUT2D eigenvalue weighted by Gasteiger charge is 2.18.